The van der Waals surface area contributed by atoms with E-state index >= 15 is 0 Å². The van der Waals surface area contributed by atoms with Gasteiger partial charge < -0.3 is 4.74 Å². The molecule has 1 aliphatic carbocycles. The van der Waals surface area contributed by atoms with Crippen LogP contribution < -0.4 is 14.8 Å². The first-order chi connectivity index (χ1) is 14.9. The van der Waals surface area contributed by atoms with Gasteiger partial charge in [0.2, 0.25) is 9.47 Å². The van der Waals surface area contributed by atoms with Gasteiger partial charge in [0.15, 0.2) is 0 Å². The van der Waals surface area contributed by atoms with Crippen LogP contribution in [0.25, 0.3) is 0 Å². The number of sulfonamides is 1. The molecular weight excluding hydrogens is 436 g/mol. The lowest BCUT2D eigenvalue weighted by atomic mass is 9.88. The van der Waals surface area contributed by atoms with Crippen LogP contribution in [0.3, 0.4) is 0 Å². The van der Waals surface area contributed by atoms with E-state index in [0.29, 0.717) is 12.0 Å². The van der Waals surface area contributed by atoms with Gasteiger partial charge in [-0.3, -0.25) is 10.1 Å². The number of ether oxygens (including phenoxy) is 1. The van der Waals surface area contributed by atoms with Crippen molar-refractivity contribution in [1.29, 1.82) is 0 Å². The summed E-state index contributed by atoms with van der Waals surface area (Å²) in [4.78, 5) is 12.4. The molecule has 0 saturated carbocycles. The van der Waals surface area contributed by atoms with Gasteiger partial charge in [-0.25, -0.2) is 13.1 Å². The zero-order valence-electron chi connectivity index (χ0n) is 17.1. The third kappa shape index (κ3) is 4.76. The molecule has 1 atom stereocenters. The molecule has 0 bridgehead atoms. The first-order valence-corrected chi connectivity index (χ1v) is 12.1. The van der Waals surface area contributed by atoms with E-state index in [1.807, 2.05) is 31.2 Å². The molecule has 0 saturated heterocycles. The SMILES string of the molecule is COc1ccc2c(c1)CCCC2NS(=O)(=O)c1nnc(NC(=O)c2cccc(C)c2)s1. The van der Waals surface area contributed by atoms with E-state index in [9.17, 15) is 13.2 Å². The predicted molar refractivity (Wildman–Crippen MR) is 118 cm³/mol. The number of benzene rings is 2. The van der Waals surface area contributed by atoms with E-state index < -0.39 is 10.0 Å². The molecule has 2 N–H and O–H groups in total. The first-order valence-electron chi connectivity index (χ1n) is 9.76. The Balaban J connectivity index is 1.49. The second-order valence-electron chi connectivity index (χ2n) is 7.33. The van der Waals surface area contributed by atoms with Crippen LogP contribution in [0.15, 0.2) is 46.8 Å². The molecule has 10 heteroatoms. The Morgan fingerprint density at radius 2 is 2.03 bits per heavy atom. The molecule has 1 aliphatic rings. The highest BCUT2D eigenvalue weighted by atomic mass is 32.2. The molecule has 2 aromatic carbocycles. The van der Waals surface area contributed by atoms with Gasteiger partial charge in [0.1, 0.15) is 5.75 Å². The number of rotatable bonds is 6. The van der Waals surface area contributed by atoms with Crippen molar-refractivity contribution in [3.05, 3.63) is 64.7 Å². The number of carbonyl (C=O) groups excluding carboxylic acids is 1. The number of carbonyl (C=O) groups is 1. The van der Waals surface area contributed by atoms with E-state index in [0.717, 1.165) is 46.6 Å². The zero-order chi connectivity index (χ0) is 22.0. The average Bonchev–Trinajstić information content (AvgIpc) is 3.23. The van der Waals surface area contributed by atoms with Gasteiger partial charge in [-0.1, -0.05) is 35.1 Å². The Morgan fingerprint density at radius 3 is 2.81 bits per heavy atom. The maximum atomic E-state index is 12.9. The number of amides is 1. The van der Waals surface area contributed by atoms with Crippen molar-refractivity contribution < 1.29 is 17.9 Å². The number of methoxy groups -OCH3 is 1. The van der Waals surface area contributed by atoms with Crippen molar-refractivity contribution in [2.24, 2.45) is 0 Å². The normalized spacial score (nSPS) is 15.9. The van der Waals surface area contributed by atoms with Crippen LogP contribution in [0.4, 0.5) is 5.13 Å². The minimum Gasteiger partial charge on any atom is -0.497 e. The van der Waals surface area contributed by atoms with Crippen LogP contribution in [-0.2, 0) is 16.4 Å². The Labute approximate surface area is 184 Å². The number of anilines is 1. The fraction of sp³-hybridized carbons (Fsp3) is 0.286. The summed E-state index contributed by atoms with van der Waals surface area (Å²) in [6.07, 6.45) is 2.42. The van der Waals surface area contributed by atoms with Crippen LogP contribution in [0.5, 0.6) is 5.75 Å². The van der Waals surface area contributed by atoms with E-state index in [2.05, 4.69) is 20.2 Å². The smallest absolute Gasteiger partial charge is 0.270 e. The summed E-state index contributed by atoms with van der Waals surface area (Å²) in [5.41, 5.74) is 3.42. The number of aryl methyl sites for hydroxylation is 2. The maximum absolute atomic E-state index is 12.9. The van der Waals surface area contributed by atoms with Crippen LogP contribution in [0.2, 0.25) is 0 Å². The highest BCUT2D eigenvalue weighted by Crippen LogP contribution is 2.33. The number of fused-ring (bicyclic) bond motifs is 1. The van der Waals surface area contributed by atoms with Crippen LogP contribution >= 0.6 is 11.3 Å². The highest BCUT2D eigenvalue weighted by Gasteiger charge is 2.28. The summed E-state index contributed by atoms with van der Waals surface area (Å²) < 4.78 is 33.6. The molecule has 162 valence electrons. The number of hydrogen-bond donors (Lipinski definition) is 2. The van der Waals surface area contributed by atoms with Gasteiger partial charge in [0, 0.05) is 11.6 Å². The van der Waals surface area contributed by atoms with Crippen molar-refractivity contribution in [1.82, 2.24) is 14.9 Å². The third-order valence-corrected chi connectivity index (χ3v) is 7.78. The minimum absolute atomic E-state index is 0.126. The fourth-order valence-electron chi connectivity index (χ4n) is 3.60. The Bertz CT molecular complexity index is 1220. The molecule has 0 radical (unpaired) electrons. The lowest BCUT2D eigenvalue weighted by Crippen LogP contribution is -2.31. The summed E-state index contributed by atoms with van der Waals surface area (Å²) in [6.45, 7) is 1.89. The van der Waals surface area contributed by atoms with E-state index in [1.54, 1.807) is 25.3 Å². The Kier molecular flexibility index (Phi) is 6.03. The first kappa shape index (κ1) is 21.4. The molecule has 4 rings (SSSR count). The quantitative estimate of drug-likeness (QED) is 0.548. The Hall–Kier alpha value is -2.82. The summed E-state index contributed by atoms with van der Waals surface area (Å²) >= 11 is 0.818. The van der Waals surface area contributed by atoms with Gasteiger partial charge in [-0.2, -0.15) is 0 Å². The lowest BCUT2D eigenvalue weighted by Gasteiger charge is -2.26. The second kappa shape index (κ2) is 8.74. The van der Waals surface area contributed by atoms with Gasteiger partial charge in [0.25, 0.3) is 15.9 Å². The predicted octanol–water partition coefficient (Wildman–Crippen LogP) is 3.46. The highest BCUT2D eigenvalue weighted by molar-refractivity contribution is 7.91. The molecule has 31 heavy (non-hydrogen) atoms. The molecule has 0 aliphatic heterocycles. The standard InChI is InChI=1S/C21H22N4O4S2/c1-13-5-3-7-15(11-13)19(26)22-20-23-24-21(30-20)31(27,28)25-18-8-4-6-14-12-16(29-2)9-10-17(14)18/h3,5,7,9-12,18,25H,4,6,8H2,1-2H3,(H,22,23,26). The molecule has 1 amide bonds. The van der Waals surface area contributed by atoms with Gasteiger partial charge in [-0.05, 0) is 61.6 Å². The summed E-state index contributed by atoms with van der Waals surface area (Å²) in [5, 5.41) is 10.4. The van der Waals surface area contributed by atoms with Crippen molar-refractivity contribution in [3.63, 3.8) is 0 Å². The summed E-state index contributed by atoms with van der Waals surface area (Å²) in [7, 11) is -2.29. The summed E-state index contributed by atoms with van der Waals surface area (Å²) in [5.74, 6) is 0.382. The van der Waals surface area contributed by atoms with E-state index in [4.69, 9.17) is 4.74 Å². The van der Waals surface area contributed by atoms with E-state index in [-0.39, 0.29) is 21.4 Å². The zero-order valence-corrected chi connectivity index (χ0v) is 18.7. The molecule has 0 spiro atoms. The molecule has 1 unspecified atom stereocenters. The van der Waals surface area contributed by atoms with Crippen LogP contribution in [0.1, 0.15) is 45.9 Å². The molecule has 1 aromatic heterocycles. The van der Waals surface area contributed by atoms with Gasteiger partial charge >= 0.3 is 0 Å². The largest absolute Gasteiger partial charge is 0.497 e. The van der Waals surface area contributed by atoms with Gasteiger partial charge in [0.05, 0.1) is 7.11 Å². The van der Waals surface area contributed by atoms with Crippen LogP contribution in [0, 0.1) is 6.92 Å². The number of hydrogen-bond acceptors (Lipinski definition) is 7. The monoisotopic (exact) mass is 458 g/mol. The molecular formula is C21H22N4O4S2. The second-order valence-corrected chi connectivity index (χ2v) is 10.2. The lowest BCUT2D eigenvalue weighted by molar-refractivity contribution is 0.102. The number of nitrogens with one attached hydrogen (secondary N) is 2. The summed E-state index contributed by atoms with van der Waals surface area (Å²) in [6, 6.07) is 12.4. The fourth-order valence-corrected chi connectivity index (χ4v) is 5.76. The van der Waals surface area contributed by atoms with Crippen LogP contribution in [-0.4, -0.2) is 31.6 Å². The molecule has 8 nitrogen and oxygen atoms in total. The molecule has 3 aromatic rings. The number of nitrogens with zero attached hydrogens (tertiary/aromatic N) is 2. The number of aromatic nitrogens is 2. The average molecular weight is 459 g/mol. The molecule has 1 heterocycles. The minimum atomic E-state index is -3.89. The van der Waals surface area contributed by atoms with E-state index in [1.165, 1.54) is 0 Å². The van der Waals surface area contributed by atoms with Crippen molar-refractivity contribution in [3.8, 4) is 5.75 Å². The van der Waals surface area contributed by atoms with Crippen molar-refractivity contribution in [2.75, 3.05) is 12.4 Å². The Morgan fingerprint density at radius 1 is 1.19 bits per heavy atom. The van der Waals surface area contributed by atoms with Gasteiger partial charge in [-0.15, -0.1) is 10.2 Å². The topological polar surface area (TPSA) is 110 Å². The maximum Gasteiger partial charge on any atom is 0.270 e. The molecule has 0 fully saturated rings. The van der Waals surface area contributed by atoms with Crippen molar-refractivity contribution in [2.45, 2.75) is 36.6 Å². The third-order valence-electron chi connectivity index (χ3n) is 5.10. The van der Waals surface area contributed by atoms with Crippen molar-refractivity contribution >= 4 is 32.4 Å².